The van der Waals surface area contributed by atoms with Gasteiger partial charge in [0, 0.05) is 23.3 Å². The third-order valence-electron chi connectivity index (χ3n) is 4.78. The Balaban J connectivity index is 1.74. The highest BCUT2D eigenvalue weighted by Crippen LogP contribution is 2.30. The molecule has 0 unspecified atom stereocenters. The Kier molecular flexibility index (Phi) is 4.60. The maximum Gasteiger partial charge on any atom is 0.210 e. The van der Waals surface area contributed by atoms with Gasteiger partial charge in [0.15, 0.2) is 9.84 Å². The number of hydrogen-bond acceptors (Lipinski definition) is 7. The zero-order chi connectivity index (χ0) is 21.6. The number of fused-ring (bicyclic) bond motifs is 2. The van der Waals surface area contributed by atoms with Crippen LogP contribution in [0.3, 0.4) is 0 Å². The Hall–Kier alpha value is -3.49. The van der Waals surface area contributed by atoms with E-state index in [4.69, 9.17) is 9.41 Å². The second-order valence-corrected chi connectivity index (χ2v) is 10.1. The van der Waals surface area contributed by atoms with Crippen molar-refractivity contribution in [3.63, 3.8) is 0 Å². The first kappa shape index (κ1) is 19.5. The van der Waals surface area contributed by atoms with E-state index in [1.165, 1.54) is 17.6 Å². The molecule has 154 valence electrons. The van der Waals surface area contributed by atoms with Gasteiger partial charge >= 0.3 is 0 Å². The molecule has 31 heavy (non-hydrogen) atoms. The minimum absolute atomic E-state index is 0.105. The average Bonchev–Trinajstić information content (AvgIpc) is 3.15. The van der Waals surface area contributed by atoms with Gasteiger partial charge in [0.2, 0.25) is 5.13 Å². The molecule has 0 bridgehead atoms. The molecule has 0 aliphatic carbocycles. The van der Waals surface area contributed by atoms with E-state index in [1.807, 2.05) is 36.4 Å². The summed E-state index contributed by atoms with van der Waals surface area (Å²) in [7, 11) is -3.31. The van der Waals surface area contributed by atoms with Gasteiger partial charge in [-0.2, -0.15) is 0 Å². The van der Waals surface area contributed by atoms with Crippen molar-refractivity contribution in [3.8, 4) is 17.1 Å². The molecule has 0 saturated carbocycles. The van der Waals surface area contributed by atoms with Gasteiger partial charge in [-0.1, -0.05) is 41.7 Å². The molecule has 5 aromatic rings. The number of nitrogens with zero attached hydrogens (tertiary/aromatic N) is 2. The Morgan fingerprint density at radius 2 is 1.81 bits per heavy atom. The molecule has 0 fully saturated rings. The first-order chi connectivity index (χ1) is 14.9. The summed E-state index contributed by atoms with van der Waals surface area (Å²) < 4.78 is 30.5. The largest absolute Gasteiger partial charge is 0.508 e. The van der Waals surface area contributed by atoms with E-state index in [0.29, 0.717) is 32.7 Å². The molecule has 1 N–H and O–H groups in total. The summed E-state index contributed by atoms with van der Waals surface area (Å²) in [5.41, 5.74) is 2.15. The first-order valence-electron chi connectivity index (χ1n) is 9.34. The van der Waals surface area contributed by atoms with Crippen molar-refractivity contribution in [1.29, 1.82) is 0 Å². The summed E-state index contributed by atoms with van der Waals surface area (Å²) in [6.07, 6.45) is 1.18. The molecule has 0 aliphatic rings. The Labute approximate surface area is 181 Å². The summed E-state index contributed by atoms with van der Waals surface area (Å²) in [4.78, 5) is 9.48. The molecule has 0 saturated heterocycles. The zero-order valence-corrected chi connectivity index (χ0v) is 17.9. The van der Waals surface area contributed by atoms with E-state index in [-0.39, 0.29) is 10.6 Å². The van der Waals surface area contributed by atoms with Crippen LogP contribution in [-0.2, 0) is 9.84 Å². The summed E-state index contributed by atoms with van der Waals surface area (Å²) >= 11 is 1.30. The summed E-state index contributed by atoms with van der Waals surface area (Å²) in [5.74, 6) is 0.742. The molecule has 5 rings (SSSR count). The first-order valence-corrected chi connectivity index (χ1v) is 12.1. The number of rotatable bonds is 3. The van der Waals surface area contributed by atoms with E-state index in [9.17, 15) is 13.5 Å². The second-order valence-electron chi connectivity index (χ2n) is 7.05. The molecule has 3 aromatic carbocycles. The number of aromatic hydroxyl groups is 1. The molecule has 2 aromatic heterocycles. The molecule has 0 atom stereocenters. The smallest absolute Gasteiger partial charge is 0.210 e. The van der Waals surface area contributed by atoms with Crippen molar-refractivity contribution in [2.75, 3.05) is 6.26 Å². The zero-order valence-electron chi connectivity index (χ0n) is 16.3. The van der Waals surface area contributed by atoms with E-state index >= 15 is 0 Å². The standard InChI is InChI=1S/C23H16N2O4S2/c1-31(27,28)16-8-9-18-22(12-16)30-23(24-18)25-19-13-21(14-5-3-2-4-6-14)29-20-10-7-15(26)11-17(19)20/h2-13,26H,1H3/b25-19+. The van der Waals surface area contributed by atoms with Crippen molar-refractivity contribution < 1.29 is 17.9 Å². The van der Waals surface area contributed by atoms with Gasteiger partial charge in [0.25, 0.3) is 0 Å². The molecule has 0 spiro atoms. The quantitative estimate of drug-likeness (QED) is 0.417. The highest BCUT2D eigenvalue weighted by molar-refractivity contribution is 7.90. The number of aromatic nitrogens is 1. The normalized spacial score (nSPS) is 12.6. The Morgan fingerprint density at radius 1 is 1.00 bits per heavy atom. The van der Waals surface area contributed by atoms with Crippen LogP contribution in [-0.4, -0.2) is 24.8 Å². The average molecular weight is 449 g/mol. The lowest BCUT2D eigenvalue weighted by atomic mass is 10.1. The van der Waals surface area contributed by atoms with Crippen LogP contribution >= 0.6 is 11.3 Å². The highest BCUT2D eigenvalue weighted by atomic mass is 32.2. The van der Waals surface area contributed by atoms with Crippen LogP contribution in [0.2, 0.25) is 0 Å². The molecular formula is C23H16N2O4S2. The highest BCUT2D eigenvalue weighted by Gasteiger charge is 2.12. The van der Waals surface area contributed by atoms with Crippen molar-refractivity contribution in [1.82, 2.24) is 4.98 Å². The predicted molar refractivity (Wildman–Crippen MR) is 121 cm³/mol. The van der Waals surface area contributed by atoms with Gasteiger partial charge in [-0.05, 0) is 36.4 Å². The molecule has 0 amide bonds. The van der Waals surface area contributed by atoms with Crippen molar-refractivity contribution in [2.45, 2.75) is 4.90 Å². The number of sulfone groups is 1. The van der Waals surface area contributed by atoms with Gasteiger partial charge in [-0.3, -0.25) is 0 Å². The lowest BCUT2D eigenvalue weighted by Gasteiger charge is -2.05. The van der Waals surface area contributed by atoms with Gasteiger partial charge in [-0.25, -0.2) is 18.4 Å². The second kappa shape index (κ2) is 7.33. The fourth-order valence-corrected chi connectivity index (χ4v) is 4.88. The minimum Gasteiger partial charge on any atom is -0.508 e. The van der Waals surface area contributed by atoms with Gasteiger partial charge < -0.3 is 9.52 Å². The number of thiazole rings is 1. The monoisotopic (exact) mass is 448 g/mol. The fourth-order valence-electron chi connectivity index (χ4n) is 3.27. The third kappa shape index (κ3) is 3.83. The number of hydrogen-bond donors (Lipinski definition) is 1. The van der Waals surface area contributed by atoms with Gasteiger partial charge in [0.1, 0.15) is 17.1 Å². The van der Waals surface area contributed by atoms with Crippen LogP contribution < -0.4 is 5.36 Å². The summed E-state index contributed by atoms with van der Waals surface area (Å²) in [5, 5.41) is 11.7. The summed E-state index contributed by atoms with van der Waals surface area (Å²) in [6, 6.07) is 21.2. The van der Waals surface area contributed by atoms with Crippen LogP contribution in [0.5, 0.6) is 5.75 Å². The maximum atomic E-state index is 11.9. The molecule has 0 aliphatic heterocycles. The molecule has 8 heteroatoms. The van der Waals surface area contributed by atoms with E-state index in [0.717, 1.165) is 10.3 Å². The lowest BCUT2D eigenvalue weighted by molar-refractivity contribution is 0.475. The van der Waals surface area contributed by atoms with Crippen LogP contribution in [0.4, 0.5) is 5.13 Å². The molecule has 2 heterocycles. The number of phenolic OH excluding ortho intramolecular Hbond substituents is 1. The van der Waals surface area contributed by atoms with Crippen LogP contribution in [0.1, 0.15) is 0 Å². The van der Waals surface area contributed by atoms with E-state index < -0.39 is 9.84 Å². The fraction of sp³-hybridized carbons (Fsp3) is 0.0435. The number of benzene rings is 3. The third-order valence-corrected chi connectivity index (χ3v) is 6.80. The minimum atomic E-state index is -3.31. The van der Waals surface area contributed by atoms with Crippen LogP contribution in [0.25, 0.3) is 32.5 Å². The number of phenols is 1. The van der Waals surface area contributed by atoms with Crippen molar-refractivity contribution in [2.24, 2.45) is 4.99 Å². The maximum absolute atomic E-state index is 11.9. The Morgan fingerprint density at radius 3 is 2.58 bits per heavy atom. The molecular weight excluding hydrogens is 432 g/mol. The lowest BCUT2D eigenvalue weighted by Crippen LogP contribution is -2.03. The van der Waals surface area contributed by atoms with Crippen LogP contribution in [0.15, 0.2) is 87.1 Å². The van der Waals surface area contributed by atoms with Gasteiger partial charge in [-0.15, -0.1) is 0 Å². The SMILES string of the molecule is CS(=O)(=O)c1ccc2nc(/N=c3\cc(-c4ccccc4)oc4ccc(O)cc34)sc2c1. The molecule has 6 nitrogen and oxygen atoms in total. The predicted octanol–water partition coefficient (Wildman–Crippen LogP) is 5.05. The van der Waals surface area contributed by atoms with Crippen LogP contribution in [0, 0.1) is 0 Å². The van der Waals surface area contributed by atoms with Crippen molar-refractivity contribution >= 4 is 47.5 Å². The summed E-state index contributed by atoms with van der Waals surface area (Å²) in [6.45, 7) is 0. The Bertz CT molecular complexity index is 1620. The molecule has 0 radical (unpaired) electrons. The van der Waals surface area contributed by atoms with E-state index in [1.54, 1.807) is 36.4 Å². The van der Waals surface area contributed by atoms with E-state index in [2.05, 4.69) is 4.98 Å². The topological polar surface area (TPSA) is 92.8 Å². The van der Waals surface area contributed by atoms with Gasteiger partial charge in [0.05, 0.1) is 20.5 Å². The van der Waals surface area contributed by atoms with Crippen molar-refractivity contribution in [3.05, 3.63) is 78.2 Å².